The number of rotatable bonds is 6. The highest BCUT2D eigenvalue weighted by molar-refractivity contribution is 5.42. The Hall–Kier alpha value is -1.26. The zero-order valence-electron chi connectivity index (χ0n) is 12.5. The molecule has 0 bridgehead atoms. The van der Waals surface area contributed by atoms with Crippen LogP contribution in [0.2, 0.25) is 0 Å². The fraction of sp³-hybridized carbons (Fsp3) is 0.625. The van der Waals surface area contributed by atoms with Crippen LogP contribution in [-0.2, 0) is 6.54 Å². The molecule has 0 saturated carbocycles. The number of nitrogens with zero attached hydrogens (tertiary/aromatic N) is 1. The molecule has 4 nitrogen and oxygen atoms in total. The van der Waals surface area contributed by atoms with Gasteiger partial charge < -0.3 is 14.6 Å². The molecule has 1 aromatic carbocycles. The van der Waals surface area contributed by atoms with Gasteiger partial charge in [0.15, 0.2) is 11.5 Å². The molecule has 1 N–H and O–H groups in total. The van der Waals surface area contributed by atoms with Crippen LogP contribution >= 0.6 is 0 Å². The van der Waals surface area contributed by atoms with Gasteiger partial charge in [-0.15, -0.1) is 0 Å². The number of ether oxygens (including phenoxy) is 2. The Morgan fingerprint density at radius 2 is 2.20 bits per heavy atom. The lowest BCUT2D eigenvalue weighted by atomic mass is 9.98. The number of aliphatic hydroxyl groups is 1. The smallest absolute Gasteiger partial charge is 0.161 e. The number of hydrogen-bond acceptors (Lipinski definition) is 4. The maximum absolute atomic E-state index is 9.29. The van der Waals surface area contributed by atoms with Gasteiger partial charge in [-0.25, -0.2) is 0 Å². The van der Waals surface area contributed by atoms with Gasteiger partial charge in [-0.05, 0) is 49.9 Å². The average molecular weight is 279 g/mol. The topological polar surface area (TPSA) is 41.9 Å². The van der Waals surface area contributed by atoms with Gasteiger partial charge in [-0.3, -0.25) is 4.90 Å². The molecule has 1 aliphatic rings. The predicted molar refractivity (Wildman–Crippen MR) is 79.2 cm³/mol. The molecule has 1 unspecified atom stereocenters. The van der Waals surface area contributed by atoms with E-state index in [0.717, 1.165) is 37.6 Å². The lowest BCUT2D eigenvalue weighted by Crippen LogP contribution is -2.36. The first-order valence-corrected chi connectivity index (χ1v) is 7.39. The van der Waals surface area contributed by atoms with Crippen LogP contribution in [0.3, 0.4) is 0 Å². The number of aliphatic hydroxyl groups excluding tert-OH is 1. The van der Waals surface area contributed by atoms with Crippen molar-refractivity contribution in [3.8, 4) is 11.5 Å². The van der Waals surface area contributed by atoms with Crippen molar-refractivity contribution in [3.63, 3.8) is 0 Å². The molecule has 0 aromatic heterocycles. The molecule has 1 heterocycles. The minimum absolute atomic E-state index is 0.295. The molecule has 1 atom stereocenters. The maximum atomic E-state index is 9.29. The fourth-order valence-electron chi connectivity index (χ4n) is 2.79. The van der Waals surface area contributed by atoms with Gasteiger partial charge in [0, 0.05) is 19.7 Å². The van der Waals surface area contributed by atoms with E-state index in [4.69, 9.17) is 9.47 Å². The molecule has 1 saturated heterocycles. The van der Waals surface area contributed by atoms with Crippen LogP contribution in [0, 0.1) is 5.92 Å². The molecule has 0 radical (unpaired) electrons. The van der Waals surface area contributed by atoms with E-state index in [0.29, 0.717) is 19.1 Å². The summed E-state index contributed by atoms with van der Waals surface area (Å²) in [4.78, 5) is 2.40. The van der Waals surface area contributed by atoms with Crippen LogP contribution in [0.15, 0.2) is 18.2 Å². The summed E-state index contributed by atoms with van der Waals surface area (Å²) >= 11 is 0. The molecule has 4 heteroatoms. The summed E-state index contributed by atoms with van der Waals surface area (Å²) < 4.78 is 10.9. The second kappa shape index (κ2) is 7.50. The lowest BCUT2D eigenvalue weighted by Gasteiger charge is -2.31. The van der Waals surface area contributed by atoms with E-state index in [1.54, 1.807) is 7.11 Å². The molecule has 1 aromatic rings. The normalized spacial score (nSPS) is 19.9. The zero-order chi connectivity index (χ0) is 14.4. The Balaban J connectivity index is 2.02. The Morgan fingerprint density at radius 1 is 1.35 bits per heavy atom. The lowest BCUT2D eigenvalue weighted by molar-refractivity contribution is 0.116. The summed E-state index contributed by atoms with van der Waals surface area (Å²) in [5.74, 6) is 2.01. The zero-order valence-corrected chi connectivity index (χ0v) is 12.5. The fourth-order valence-corrected chi connectivity index (χ4v) is 2.79. The van der Waals surface area contributed by atoms with Crippen molar-refractivity contribution in [3.05, 3.63) is 23.8 Å². The Kier molecular flexibility index (Phi) is 5.68. The van der Waals surface area contributed by atoms with Crippen molar-refractivity contribution in [1.29, 1.82) is 0 Å². The molecule has 0 aliphatic carbocycles. The summed E-state index contributed by atoms with van der Waals surface area (Å²) in [6.07, 6.45) is 2.30. The van der Waals surface area contributed by atoms with E-state index < -0.39 is 0 Å². The van der Waals surface area contributed by atoms with Crippen molar-refractivity contribution < 1.29 is 14.6 Å². The molecule has 1 fully saturated rings. The first kappa shape index (κ1) is 15.1. The molecule has 0 amide bonds. The summed E-state index contributed by atoms with van der Waals surface area (Å²) in [5.41, 5.74) is 1.23. The minimum Gasteiger partial charge on any atom is -0.493 e. The first-order chi connectivity index (χ1) is 9.76. The van der Waals surface area contributed by atoms with Crippen molar-refractivity contribution in [2.75, 3.05) is 33.4 Å². The van der Waals surface area contributed by atoms with Crippen molar-refractivity contribution >= 4 is 0 Å². The molecule has 0 spiro atoms. The highest BCUT2D eigenvalue weighted by Crippen LogP contribution is 2.29. The van der Waals surface area contributed by atoms with E-state index in [1.807, 2.05) is 19.1 Å². The Labute approximate surface area is 121 Å². The minimum atomic E-state index is 0.295. The van der Waals surface area contributed by atoms with E-state index in [1.165, 1.54) is 12.0 Å². The molecular formula is C16H25NO3. The standard InChI is InChI=1S/C16H25NO3/c1-3-20-15-7-6-13(9-16(15)19-2)10-17-8-4-5-14(11-17)12-18/h6-7,9,14,18H,3-5,8,10-12H2,1-2H3. The Bertz CT molecular complexity index is 422. The quantitative estimate of drug-likeness (QED) is 0.867. The average Bonchev–Trinajstić information content (AvgIpc) is 2.49. The van der Waals surface area contributed by atoms with E-state index in [-0.39, 0.29) is 0 Å². The number of likely N-dealkylation sites (tertiary alicyclic amines) is 1. The van der Waals surface area contributed by atoms with Crippen molar-refractivity contribution in [2.24, 2.45) is 5.92 Å². The van der Waals surface area contributed by atoms with Crippen LogP contribution < -0.4 is 9.47 Å². The van der Waals surface area contributed by atoms with E-state index in [9.17, 15) is 5.11 Å². The second-order valence-electron chi connectivity index (χ2n) is 5.34. The number of hydrogen-bond donors (Lipinski definition) is 1. The molecule has 112 valence electrons. The van der Waals surface area contributed by atoms with Gasteiger partial charge in [0.25, 0.3) is 0 Å². The SMILES string of the molecule is CCOc1ccc(CN2CCCC(CO)C2)cc1OC. The summed E-state index contributed by atoms with van der Waals surface area (Å²) in [5, 5.41) is 9.29. The van der Waals surface area contributed by atoms with Gasteiger partial charge >= 0.3 is 0 Å². The van der Waals surface area contributed by atoms with Crippen LogP contribution in [0.4, 0.5) is 0 Å². The molecular weight excluding hydrogens is 254 g/mol. The van der Waals surface area contributed by atoms with Gasteiger partial charge in [-0.1, -0.05) is 6.07 Å². The van der Waals surface area contributed by atoms with Crippen LogP contribution in [0.25, 0.3) is 0 Å². The van der Waals surface area contributed by atoms with E-state index in [2.05, 4.69) is 11.0 Å². The van der Waals surface area contributed by atoms with Crippen LogP contribution in [-0.4, -0.2) is 43.4 Å². The summed E-state index contributed by atoms with van der Waals surface area (Å²) in [6.45, 7) is 5.89. The van der Waals surface area contributed by atoms with Gasteiger partial charge in [0.1, 0.15) is 0 Å². The highest BCUT2D eigenvalue weighted by atomic mass is 16.5. The van der Waals surface area contributed by atoms with Crippen molar-refractivity contribution in [1.82, 2.24) is 4.90 Å². The summed E-state index contributed by atoms with van der Waals surface area (Å²) in [7, 11) is 1.67. The molecule has 2 rings (SSSR count). The van der Waals surface area contributed by atoms with Crippen molar-refractivity contribution in [2.45, 2.75) is 26.3 Å². The number of piperidine rings is 1. The third-order valence-electron chi connectivity index (χ3n) is 3.80. The highest BCUT2D eigenvalue weighted by Gasteiger charge is 2.19. The van der Waals surface area contributed by atoms with Gasteiger partial charge in [-0.2, -0.15) is 0 Å². The number of benzene rings is 1. The second-order valence-corrected chi connectivity index (χ2v) is 5.34. The molecule has 1 aliphatic heterocycles. The largest absolute Gasteiger partial charge is 0.493 e. The third-order valence-corrected chi connectivity index (χ3v) is 3.80. The monoisotopic (exact) mass is 279 g/mol. The maximum Gasteiger partial charge on any atom is 0.161 e. The van der Waals surface area contributed by atoms with E-state index >= 15 is 0 Å². The summed E-state index contributed by atoms with van der Waals surface area (Å²) in [6, 6.07) is 6.12. The third kappa shape index (κ3) is 3.87. The van der Waals surface area contributed by atoms with Gasteiger partial charge in [0.2, 0.25) is 0 Å². The van der Waals surface area contributed by atoms with Gasteiger partial charge in [0.05, 0.1) is 13.7 Å². The number of methoxy groups -OCH3 is 1. The predicted octanol–water partition coefficient (Wildman–Crippen LogP) is 2.30. The Morgan fingerprint density at radius 3 is 2.90 bits per heavy atom. The first-order valence-electron chi connectivity index (χ1n) is 7.39. The van der Waals surface area contributed by atoms with Crippen LogP contribution in [0.5, 0.6) is 11.5 Å². The molecule has 20 heavy (non-hydrogen) atoms. The van der Waals surface area contributed by atoms with Crippen LogP contribution in [0.1, 0.15) is 25.3 Å².